The number of hydrogen-bond donors (Lipinski definition) is 4. The number of oxime groups is 1. The number of nitrogens with one attached hydrogen (secondary N) is 1. The summed E-state index contributed by atoms with van der Waals surface area (Å²) in [7, 11) is 0. The molecule has 2 aliphatic rings. The fourth-order valence-corrected chi connectivity index (χ4v) is 4.63. The average Bonchev–Trinajstić information content (AvgIpc) is 3.09. The van der Waals surface area contributed by atoms with Gasteiger partial charge in [0, 0.05) is 16.7 Å². The molecule has 0 saturated carbocycles. The number of nitrogens with two attached hydrogens (primary N) is 2. The summed E-state index contributed by atoms with van der Waals surface area (Å²) in [5.41, 5.74) is 9.64. The average molecular weight is 464 g/mol. The summed E-state index contributed by atoms with van der Waals surface area (Å²) >= 11 is 2.17. The zero-order chi connectivity index (χ0) is 21.3. The number of fused-ring (bicyclic) bond motifs is 1. The number of aliphatic carboxylic acids is 1. The Balaban J connectivity index is 0.00000320. The van der Waals surface area contributed by atoms with Crippen molar-refractivity contribution in [2.75, 3.05) is 18.1 Å². The second-order valence-electron chi connectivity index (χ2n) is 5.73. The number of ether oxygens (including phenoxy) is 1. The van der Waals surface area contributed by atoms with Crippen LogP contribution in [0.25, 0.3) is 0 Å². The van der Waals surface area contributed by atoms with Crippen molar-refractivity contribution in [3.63, 3.8) is 0 Å². The Labute approximate surface area is 198 Å². The zero-order valence-electron chi connectivity index (χ0n) is 15.4. The molecule has 1 aromatic heterocycles. The summed E-state index contributed by atoms with van der Waals surface area (Å²) < 4.78 is 4.60. The van der Waals surface area contributed by atoms with Crippen molar-refractivity contribution >= 4 is 57.8 Å². The van der Waals surface area contributed by atoms with Crippen LogP contribution in [0.2, 0.25) is 0 Å². The second kappa shape index (κ2) is 9.65. The molecule has 0 aliphatic carbocycles. The molecule has 1 saturated heterocycles. The third-order valence-electron chi connectivity index (χ3n) is 4.00. The molecule has 1 fully saturated rings. The quantitative estimate of drug-likeness (QED) is 0.103. The van der Waals surface area contributed by atoms with Crippen LogP contribution in [-0.2, 0) is 19.1 Å². The van der Waals surface area contributed by atoms with Gasteiger partial charge in [-0.15, -0.1) is 23.1 Å². The smallest absolute Gasteiger partial charge is 0.543 e. The van der Waals surface area contributed by atoms with Crippen LogP contribution in [-0.4, -0.2) is 68.5 Å². The maximum Gasteiger partial charge on any atom is 1.00 e. The number of carboxylic acids is 1. The summed E-state index contributed by atoms with van der Waals surface area (Å²) in [4.78, 5) is 51.9. The fraction of sp³-hybridized carbons (Fsp3) is 0.286. The number of primary amides is 1. The summed E-state index contributed by atoms with van der Waals surface area (Å²) in [5, 5.41) is 26.7. The van der Waals surface area contributed by atoms with Gasteiger partial charge >= 0.3 is 35.7 Å². The van der Waals surface area contributed by atoms with Crippen LogP contribution in [0.15, 0.2) is 21.8 Å². The first kappa shape index (κ1) is 23.9. The number of amides is 3. The normalized spacial score (nSPS) is 20.6. The number of nitrogen functional groups attached to an aromatic ring is 1. The molecule has 0 spiro atoms. The molecule has 3 rings (SSSR count). The Hall–Kier alpha value is -2.33. The van der Waals surface area contributed by atoms with Crippen LogP contribution < -0.4 is 51.4 Å². The monoisotopic (exact) mass is 464 g/mol. The molecular formula is C14H13N6NaO7S2. The molecule has 1 aromatic rings. The number of hydrogen-bond acceptors (Lipinski definition) is 12. The van der Waals surface area contributed by atoms with Gasteiger partial charge in [-0.2, -0.15) is 0 Å². The predicted octanol–water partition coefficient (Wildman–Crippen LogP) is -5.59. The number of carbonyl (C=O) groups excluding carboxylic acids is 4. The van der Waals surface area contributed by atoms with E-state index in [1.807, 2.05) is 0 Å². The van der Waals surface area contributed by atoms with E-state index in [9.17, 15) is 24.3 Å². The van der Waals surface area contributed by atoms with Crippen molar-refractivity contribution in [1.82, 2.24) is 15.2 Å². The maximum atomic E-state index is 12.5. The van der Waals surface area contributed by atoms with Gasteiger partial charge in [0.15, 0.2) is 10.8 Å². The van der Waals surface area contributed by atoms with Crippen molar-refractivity contribution in [2.45, 2.75) is 11.4 Å². The molecule has 0 bridgehead atoms. The number of aromatic nitrogens is 1. The molecule has 0 aromatic carbocycles. The minimum absolute atomic E-state index is 0. The Morgan fingerprint density at radius 2 is 2.17 bits per heavy atom. The van der Waals surface area contributed by atoms with E-state index < -0.39 is 53.3 Å². The standard InChI is InChI=1S/C14H14N6O7S2.Na/c15-13-17-5(3-29-13)6(19-26)9(21)18-7-10(22)20-8(12(23)24)4(1-27-14(16)25)2-28-11(7)20;/h3,7,11,26H,1-2H2,(H2,15,17)(H2,16,25)(H,18,21)(H,23,24);/q;+1/p-1/b19-6-;/t7-,11-;/m1./s1. The molecule has 16 heteroatoms. The van der Waals surface area contributed by atoms with Crippen molar-refractivity contribution in [1.29, 1.82) is 0 Å². The van der Waals surface area contributed by atoms with Crippen LogP contribution in [0.3, 0.4) is 0 Å². The van der Waals surface area contributed by atoms with E-state index in [-0.39, 0.29) is 51.7 Å². The Kier molecular flexibility index (Phi) is 7.70. The van der Waals surface area contributed by atoms with Crippen LogP contribution >= 0.6 is 23.1 Å². The molecule has 3 heterocycles. The topological polar surface area (TPSA) is 213 Å². The van der Waals surface area contributed by atoms with Crippen molar-refractivity contribution in [2.24, 2.45) is 10.9 Å². The van der Waals surface area contributed by atoms with Gasteiger partial charge in [-0.1, -0.05) is 5.16 Å². The zero-order valence-corrected chi connectivity index (χ0v) is 19.0. The first-order valence-corrected chi connectivity index (χ1v) is 9.72. The Morgan fingerprint density at radius 1 is 1.47 bits per heavy atom. The molecule has 3 amide bonds. The van der Waals surface area contributed by atoms with E-state index in [1.54, 1.807) is 0 Å². The van der Waals surface area contributed by atoms with Gasteiger partial charge in [0.2, 0.25) is 0 Å². The number of β-lactam (4-membered cyclic amide) rings is 1. The van der Waals surface area contributed by atoms with E-state index in [0.717, 1.165) is 28.0 Å². The number of carboxylic acid groups (broad SMARTS) is 1. The van der Waals surface area contributed by atoms with Crippen LogP contribution in [0, 0.1) is 0 Å². The van der Waals surface area contributed by atoms with E-state index in [1.165, 1.54) is 5.38 Å². The van der Waals surface area contributed by atoms with E-state index in [2.05, 4.69) is 20.2 Å². The molecule has 2 aliphatic heterocycles. The van der Waals surface area contributed by atoms with Gasteiger partial charge in [-0.25, -0.2) is 9.78 Å². The molecule has 154 valence electrons. The van der Waals surface area contributed by atoms with Crippen LogP contribution in [0.1, 0.15) is 5.69 Å². The Bertz CT molecular complexity index is 964. The van der Waals surface area contributed by atoms with Crippen molar-refractivity contribution in [3.05, 3.63) is 22.3 Å². The molecule has 30 heavy (non-hydrogen) atoms. The molecule has 13 nitrogen and oxygen atoms in total. The van der Waals surface area contributed by atoms with Crippen LogP contribution in [0.5, 0.6) is 0 Å². The predicted molar refractivity (Wildman–Crippen MR) is 97.4 cm³/mol. The second-order valence-corrected chi connectivity index (χ2v) is 7.72. The van der Waals surface area contributed by atoms with Gasteiger partial charge in [-0.05, 0) is 0 Å². The fourth-order valence-electron chi connectivity index (χ4n) is 2.76. The molecular weight excluding hydrogens is 451 g/mol. The number of thiazole rings is 1. The minimum atomic E-state index is -1.63. The summed E-state index contributed by atoms with van der Waals surface area (Å²) in [6, 6.07) is -1.08. The summed E-state index contributed by atoms with van der Waals surface area (Å²) in [6.45, 7) is -0.411. The van der Waals surface area contributed by atoms with Gasteiger partial charge in [0.1, 0.15) is 23.7 Å². The van der Waals surface area contributed by atoms with E-state index in [4.69, 9.17) is 16.7 Å². The minimum Gasteiger partial charge on any atom is -0.543 e. The van der Waals surface area contributed by atoms with E-state index in [0.29, 0.717) is 0 Å². The largest absolute Gasteiger partial charge is 1.00 e. The van der Waals surface area contributed by atoms with Crippen molar-refractivity contribution < 1.29 is 63.8 Å². The first-order chi connectivity index (χ1) is 13.7. The first-order valence-electron chi connectivity index (χ1n) is 7.79. The van der Waals surface area contributed by atoms with Gasteiger partial charge in [-0.3, -0.25) is 14.5 Å². The third kappa shape index (κ3) is 4.54. The number of carbonyl (C=O) groups is 4. The van der Waals surface area contributed by atoms with Gasteiger partial charge in [0.05, 0.1) is 11.7 Å². The molecule has 2 atom stereocenters. The molecule has 0 radical (unpaired) electrons. The number of thioether (sulfide) groups is 1. The SMILES string of the molecule is NC(=O)OCC1=C(C(=O)[O-])N2C(=O)[C@@H](NC(=O)/C(=N\O)c3csc(N)n3)[C@H]2SC1.[Na+]. The number of rotatable bonds is 6. The van der Waals surface area contributed by atoms with Crippen molar-refractivity contribution in [3.8, 4) is 0 Å². The van der Waals surface area contributed by atoms with Crippen LogP contribution in [0.4, 0.5) is 9.93 Å². The van der Waals surface area contributed by atoms with Gasteiger partial charge < -0.3 is 36.6 Å². The molecule has 6 N–H and O–H groups in total. The Morgan fingerprint density at radius 3 is 2.70 bits per heavy atom. The van der Waals surface area contributed by atoms with E-state index >= 15 is 0 Å². The van der Waals surface area contributed by atoms with Gasteiger partial charge in [0.25, 0.3) is 11.8 Å². The summed E-state index contributed by atoms with van der Waals surface area (Å²) in [6.07, 6.45) is -1.10. The number of nitrogens with zero attached hydrogens (tertiary/aromatic N) is 3. The molecule has 0 unspecified atom stereocenters. The number of anilines is 1. The maximum absolute atomic E-state index is 12.5. The summed E-state index contributed by atoms with van der Waals surface area (Å²) in [5.74, 6) is -3.15. The third-order valence-corrected chi connectivity index (χ3v) is 6.01.